The minimum absolute atomic E-state index is 0.0315. The highest BCUT2D eigenvalue weighted by molar-refractivity contribution is 7.90. The summed E-state index contributed by atoms with van der Waals surface area (Å²) in [5.41, 5.74) is -0.394. The van der Waals surface area contributed by atoms with Crippen molar-refractivity contribution < 1.29 is 22.0 Å². The van der Waals surface area contributed by atoms with Gasteiger partial charge < -0.3 is 5.32 Å². The topological polar surface area (TPSA) is 63.2 Å². The van der Waals surface area contributed by atoms with Gasteiger partial charge in [-0.3, -0.25) is 4.79 Å². The van der Waals surface area contributed by atoms with Crippen molar-refractivity contribution in [2.24, 2.45) is 0 Å². The highest BCUT2D eigenvalue weighted by Crippen LogP contribution is 2.23. The minimum atomic E-state index is -3.62. The molecule has 2 aromatic rings. The van der Waals surface area contributed by atoms with Crippen LogP contribution in [0.2, 0.25) is 5.02 Å². The van der Waals surface area contributed by atoms with E-state index in [9.17, 15) is 22.0 Å². The molecule has 0 fully saturated rings. The standard InChI is InChI=1S/C14H10ClF2NO3S/c1-22(20,21)13-6-8(2-4-10(13)15)14(19)18-12-7-9(16)3-5-11(12)17/h2-7H,1H3,(H,18,19). The van der Waals surface area contributed by atoms with Crippen molar-refractivity contribution in [3.8, 4) is 0 Å². The van der Waals surface area contributed by atoms with Gasteiger partial charge in [-0.05, 0) is 30.3 Å². The molecule has 0 aromatic heterocycles. The Balaban J connectivity index is 2.36. The first-order chi connectivity index (χ1) is 10.2. The summed E-state index contributed by atoms with van der Waals surface area (Å²) < 4.78 is 49.7. The molecule has 0 spiro atoms. The number of rotatable bonds is 3. The van der Waals surface area contributed by atoms with Gasteiger partial charge in [-0.25, -0.2) is 17.2 Å². The molecule has 0 saturated carbocycles. The second-order valence-electron chi connectivity index (χ2n) is 4.50. The lowest BCUT2D eigenvalue weighted by Crippen LogP contribution is -2.14. The van der Waals surface area contributed by atoms with E-state index in [0.717, 1.165) is 30.5 Å². The summed E-state index contributed by atoms with van der Waals surface area (Å²) in [5, 5.41) is 2.14. The van der Waals surface area contributed by atoms with Crippen LogP contribution in [0.3, 0.4) is 0 Å². The first-order valence-electron chi connectivity index (χ1n) is 5.94. The van der Waals surface area contributed by atoms with Gasteiger partial charge in [0.2, 0.25) is 0 Å². The van der Waals surface area contributed by atoms with E-state index in [-0.39, 0.29) is 21.2 Å². The third-order valence-electron chi connectivity index (χ3n) is 2.77. The molecule has 4 nitrogen and oxygen atoms in total. The molecule has 0 aliphatic carbocycles. The van der Waals surface area contributed by atoms with E-state index in [4.69, 9.17) is 11.6 Å². The zero-order valence-corrected chi connectivity index (χ0v) is 12.8. The largest absolute Gasteiger partial charge is 0.319 e. The number of carbonyl (C=O) groups excluding carboxylic acids is 1. The molecule has 116 valence electrons. The molecule has 22 heavy (non-hydrogen) atoms. The second kappa shape index (κ2) is 6.02. The maximum absolute atomic E-state index is 13.5. The number of hydrogen-bond donors (Lipinski definition) is 1. The third kappa shape index (κ3) is 3.61. The molecule has 0 unspecified atom stereocenters. The average molecular weight is 346 g/mol. The van der Waals surface area contributed by atoms with Gasteiger partial charge in [-0.15, -0.1) is 0 Å². The summed E-state index contributed by atoms with van der Waals surface area (Å²) in [6, 6.07) is 6.20. The lowest BCUT2D eigenvalue weighted by molar-refractivity contribution is 0.102. The van der Waals surface area contributed by atoms with Crippen molar-refractivity contribution in [3.05, 3.63) is 58.6 Å². The molecule has 0 heterocycles. The maximum Gasteiger partial charge on any atom is 0.255 e. The van der Waals surface area contributed by atoms with Crippen LogP contribution in [-0.2, 0) is 9.84 Å². The van der Waals surface area contributed by atoms with E-state index in [2.05, 4.69) is 5.32 Å². The molecule has 0 saturated heterocycles. The highest BCUT2D eigenvalue weighted by Gasteiger charge is 2.17. The van der Waals surface area contributed by atoms with Gasteiger partial charge in [0, 0.05) is 17.9 Å². The fraction of sp³-hybridized carbons (Fsp3) is 0.0714. The van der Waals surface area contributed by atoms with Crippen molar-refractivity contribution in [3.63, 3.8) is 0 Å². The van der Waals surface area contributed by atoms with Crippen LogP contribution in [0.4, 0.5) is 14.5 Å². The number of hydrogen-bond acceptors (Lipinski definition) is 3. The van der Waals surface area contributed by atoms with Crippen molar-refractivity contribution in [2.75, 3.05) is 11.6 Å². The predicted octanol–water partition coefficient (Wildman–Crippen LogP) is 3.27. The van der Waals surface area contributed by atoms with Crippen LogP contribution in [0.5, 0.6) is 0 Å². The van der Waals surface area contributed by atoms with Crippen LogP contribution in [0.15, 0.2) is 41.3 Å². The first kappa shape index (κ1) is 16.4. The minimum Gasteiger partial charge on any atom is -0.319 e. The summed E-state index contributed by atoms with van der Waals surface area (Å²) >= 11 is 5.77. The average Bonchev–Trinajstić information content (AvgIpc) is 2.42. The summed E-state index contributed by atoms with van der Waals surface area (Å²) in [6.45, 7) is 0. The molecular weight excluding hydrogens is 336 g/mol. The molecule has 0 aliphatic rings. The summed E-state index contributed by atoms with van der Waals surface area (Å²) in [7, 11) is -3.62. The van der Waals surface area contributed by atoms with E-state index < -0.39 is 27.4 Å². The number of carbonyl (C=O) groups is 1. The third-order valence-corrected chi connectivity index (χ3v) is 4.35. The van der Waals surface area contributed by atoms with Gasteiger partial charge in [0.25, 0.3) is 5.91 Å². The zero-order chi connectivity index (χ0) is 16.5. The Bertz CT molecular complexity index is 853. The predicted molar refractivity (Wildman–Crippen MR) is 78.9 cm³/mol. The lowest BCUT2D eigenvalue weighted by atomic mass is 10.2. The molecule has 0 bridgehead atoms. The molecule has 0 atom stereocenters. The molecule has 2 rings (SSSR count). The SMILES string of the molecule is CS(=O)(=O)c1cc(C(=O)Nc2cc(F)ccc2F)ccc1Cl. The number of sulfone groups is 1. The fourth-order valence-corrected chi connectivity index (χ4v) is 3.02. The van der Waals surface area contributed by atoms with Gasteiger partial charge in [0.15, 0.2) is 9.84 Å². The van der Waals surface area contributed by atoms with E-state index in [0.29, 0.717) is 0 Å². The highest BCUT2D eigenvalue weighted by atomic mass is 35.5. The summed E-state index contributed by atoms with van der Waals surface area (Å²) in [6.07, 6.45) is 0.947. The Kier molecular flexibility index (Phi) is 4.48. The van der Waals surface area contributed by atoms with Crippen LogP contribution in [0.1, 0.15) is 10.4 Å². The number of anilines is 1. The van der Waals surface area contributed by atoms with Crippen LogP contribution >= 0.6 is 11.6 Å². The number of benzene rings is 2. The van der Waals surface area contributed by atoms with Crippen LogP contribution in [-0.4, -0.2) is 20.6 Å². The Morgan fingerprint density at radius 3 is 2.45 bits per heavy atom. The quantitative estimate of drug-likeness (QED) is 0.928. The smallest absolute Gasteiger partial charge is 0.255 e. The maximum atomic E-state index is 13.5. The monoisotopic (exact) mass is 345 g/mol. The van der Waals surface area contributed by atoms with Gasteiger partial charge in [-0.2, -0.15) is 0 Å². The molecule has 0 aliphatic heterocycles. The van der Waals surface area contributed by atoms with Crippen LogP contribution < -0.4 is 5.32 Å². The van der Waals surface area contributed by atoms with Crippen molar-refractivity contribution in [2.45, 2.75) is 4.90 Å². The van der Waals surface area contributed by atoms with Crippen LogP contribution in [0.25, 0.3) is 0 Å². The van der Waals surface area contributed by atoms with E-state index in [1.165, 1.54) is 12.1 Å². The summed E-state index contributed by atoms with van der Waals surface area (Å²) in [4.78, 5) is 11.8. The zero-order valence-electron chi connectivity index (χ0n) is 11.2. The molecular formula is C14H10ClF2NO3S. The molecule has 2 aromatic carbocycles. The molecule has 1 amide bonds. The van der Waals surface area contributed by atoms with Crippen molar-refractivity contribution in [1.29, 1.82) is 0 Å². The normalized spacial score (nSPS) is 11.3. The van der Waals surface area contributed by atoms with Crippen molar-refractivity contribution in [1.82, 2.24) is 0 Å². The Labute approximate surface area is 130 Å². The summed E-state index contributed by atoms with van der Waals surface area (Å²) in [5.74, 6) is -2.32. The van der Waals surface area contributed by atoms with E-state index >= 15 is 0 Å². The van der Waals surface area contributed by atoms with Gasteiger partial charge >= 0.3 is 0 Å². The number of halogens is 3. The van der Waals surface area contributed by atoms with E-state index in [1.54, 1.807) is 0 Å². The van der Waals surface area contributed by atoms with Crippen LogP contribution in [0, 0.1) is 11.6 Å². The Morgan fingerprint density at radius 1 is 1.14 bits per heavy atom. The molecule has 8 heteroatoms. The second-order valence-corrected chi connectivity index (χ2v) is 6.89. The van der Waals surface area contributed by atoms with Crippen molar-refractivity contribution >= 4 is 33.0 Å². The first-order valence-corrected chi connectivity index (χ1v) is 8.21. The lowest BCUT2D eigenvalue weighted by Gasteiger charge is -2.08. The fourth-order valence-electron chi connectivity index (χ4n) is 1.72. The molecule has 0 radical (unpaired) electrons. The number of nitrogens with one attached hydrogen (secondary N) is 1. The van der Waals surface area contributed by atoms with Gasteiger partial charge in [0.1, 0.15) is 11.6 Å². The Morgan fingerprint density at radius 2 is 1.82 bits per heavy atom. The van der Waals surface area contributed by atoms with Gasteiger partial charge in [-0.1, -0.05) is 11.6 Å². The number of amides is 1. The van der Waals surface area contributed by atoms with E-state index in [1.807, 2.05) is 0 Å². The van der Waals surface area contributed by atoms with Gasteiger partial charge in [0.05, 0.1) is 15.6 Å². The Hall–Kier alpha value is -1.99. The molecule has 1 N–H and O–H groups in total.